The molecule has 1 aliphatic heterocycles. The number of likely N-dealkylation sites (tertiary alicyclic amines) is 1. The summed E-state index contributed by atoms with van der Waals surface area (Å²) in [6, 6.07) is 10.7. The summed E-state index contributed by atoms with van der Waals surface area (Å²) in [5, 5.41) is 0.348. The number of hydrogen-bond donors (Lipinski definition) is 0. The zero-order chi connectivity index (χ0) is 23.6. The van der Waals surface area contributed by atoms with Crippen molar-refractivity contribution in [3.05, 3.63) is 89.2 Å². The number of anilines is 1. The molecule has 3 aromatic rings. The van der Waals surface area contributed by atoms with E-state index in [9.17, 15) is 22.0 Å². The number of carbonyl (C=O) groups is 1. The van der Waals surface area contributed by atoms with E-state index in [0.29, 0.717) is 10.6 Å². The third kappa shape index (κ3) is 4.84. The first-order chi connectivity index (χ1) is 15.8. The minimum atomic E-state index is -4.24. The van der Waals surface area contributed by atoms with Crippen molar-refractivity contribution in [2.45, 2.75) is 23.8 Å². The Hall–Kier alpha value is -3.04. The number of carbonyl (C=O) groups excluding carboxylic acids is 1. The Morgan fingerprint density at radius 3 is 2.27 bits per heavy atom. The molecule has 0 saturated carbocycles. The van der Waals surface area contributed by atoms with Gasteiger partial charge in [-0.2, -0.15) is 0 Å². The number of nitrogens with zero attached hydrogens (tertiary/aromatic N) is 3. The molecule has 1 saturated heterocycles. The molecule has 1 amide bonds. The molecule has 2 aromatic carbocycles. The molecule has 0 atom stereocenters. The number of benzene rings is 2. The minimum Gasteiger partial charge on any atom is -0.338 e. The summed E-state index contributed by atoms with van der Waals surface area (Å²) in [6.07, 6.45) is 3.54. The summed E-state index contributed by atoms with van der Waals surface area (Å²) < 4.78 is 56.8. The average Bonchev–Trinajstić information content (AvgIpc) is 2.82. The zero-order valence-corrected chi connectivity index (χ0v) is 18.9. The Morgan fingerprint density at radius 2 is 1.64 bits per heavy atom. The highest BCUT2D eigenvalue weighted by molar-refractivity contribution is 7.92. The molecule has 172 valence electrons. The second-order valence-corrected chi connectivity index (χ2v) is 9.86. The van der Waals surface area contributed by atoms with E-state index in [1.54, 1.807) is 17.0 Å². The maximum absolute atomic E-state index is 14.7. The molecule has 33 heavy (non-hydrogen) atoms. The second kappa shape index (κ2) is 9.44. The molecule has 6 nitrogen and oxygen atoms in total. The highest BCUT2D eigenvalue weighted by atomic mass is 35.5. The van der Waals surface area contributed by atoms with Crippen molar-refractivity contribution in [1.29, 1.82) is 0 Å². The van der Waals surface area contributed by atoms with Crippen LogP contribution in [0.2, 0.25) is 5.02 Å². The summed E-state index contributed by atoms with van der Waals surface area (Å²) in [5.41, 5.74) is 0.106. The smallest absolute Gasteiger partial charge is 0.264 e. The first-order valence-electron chi connectivity index (χ1n) is 10.2. The third-order valence-corrected chi connectivity index (χ3v) is 7.66. The van der Waals surface area contributed by atoms with Crippen molar-refractivity contribution >= 4 is 33.2 Å². The maximum Gasteiger partial charge on any atom is 0.264 e. The number of rotatable bonds is 5. The number of hydrogen-bond acceptors (Lipinski definition) is 4. The van der Waals surface area contributed by atoms with Gasteiger partial charge in [0.1, 0.15) is 11.6 Å². The number of sulfonamides is 1. The van der Waals surface area contributed by atoms with Crippen molar-refractivity contribution < 1.29 is 22.0 Å². The molecule has 0 bridgehead atoms. The van der Waals surface area contributed by atoms with Crippen molar-refractivity contribution in [2.24, 2.45) is 0 Å². The second-order valence-electron chi connectivity index (χ2n) is 7.61. The normalized spacial score (nSPS) is 14.8. The van der Waals surface area contributed by atoms with Gasteiger partial charge in [-0.25, -0.2) is 17.2 Å². The summed E-state index contributed by atoms with van der Waals surface area (Å²) in [4.78, 5) is 18.2. The molecule has 0 radical (unpaired) electrons. The van der Waals surface area contributed by atoms with Crippen LogP contribution in [0.3, 0.4) is 0 Å². The van der Waals surface area contributed by atoms with Crippen LogP contribution in [0.4, 0.5) is 14.5 Å². The van der Waals surface area contributed by atoms with Gasteiger partial charge in [0.25, 0.3) is 15.9 Å². The molecule has 1 fully saturated rings. The molecule has 4 rings (SSSR count). The lowest BCUT2D eigenvalue weighted by Crippen LogP contribution is -2.49. The van der Waals surface area contributed by atoms with E-state index < -0.39 is 27.7 Å². The van der Waals surface area contributed by atoms with Crippen LogP contribution in [0.5, 0.6) is 0 Å². The first-order valence-corrected chi connectivity index (χ1v) is 12.0. The van der Waals surface area contributed by atoms with Crippen molar-refractivity contribution in [2.75, 3.05) is 17.4 Å². The Morgan fingerprint density at radius 1 is 1.00 bits per heavy atom. The van der Waals surface area contributed by atoms with E-state index in [1.807, 2.05) is 0 Å². The van der Waals surface area contributed by atoms with Crippen molar-refractivity contribution in [3.63, 3.8) is 0 Å². The molecule has 2 heterocycles. The van der Waals surface area contributed by atoms with Gasteiger partial charge in [-0.3, -0.25) is 14.1 Å². The summed E-state index contributed by atoms with van der Waals surface area (Å²) >= 11 is 5.89. The molecule has 0 N–H and O–H groups in total. The number of halogens is 3. The molecular weight excluding hydrogens is 472 g/mol. The van der Waals surface area contributed by atoms with Gasteiger partial charge in [0, 0.05) is 48.2 Å². The van der Waals surface area contributed by atoms with Gasteiger partial charge < -0.3 is 4.90 Å². The summed E-state index contributed by atoms with van der Waals surface area (Å²) in [6.45, 7) is 0.519. The van der Waals surface area contributed by atoms with Crippen LogP contribution in [-0.4, -0.2) is 43.3 Å². The van der Waals surface area contributed by atoms with E-state index >= 15 is 0 Å². The predicted octanol–water partition coefficient (Wildman–Crippen LogP) is 4.51. The number of piperidine rings is 1. The Balaban J connectivity index is 1.66. The van der Waals surface area contributed by atoms with Crippen LogP contribution in [0, 0.1) is 11.6 Å². The Labute approximate surface area is 195 Å². The molecule has 1 aromatic heterocycles. The Kier molecular flexibility index (Phi) is 6.62. The summed E-state index contributed by atoms with van der Waals surface area (Å²) in [5.74, 6) is -1.81. The molecule has 0 unspecified atom stereocenters. The number of amides is 1. The highest BCUT2D eigenvalue weighted by Gasteiger charge is 2.36. The fourth-order valence-electron chi connectivity index (χ4n) is 3.88. The fraction of sp³-hybridized carbons (Fsp3) is 0.217. The quantitative estimate of drug-likeness (QED) is 0.526. The SMILES string of the molecule is O=C(c1ccncc1)N1CCC(N(c2cc(F)ccc2F)S(=O)(=O)c2ccc(Cl)cc2)CC1. The van der Waals surface area contributed by atoms with Gasteiger partial charge in [-0.15, -0.1) is 0 Å². The first kappa shape index (κ1) is 23.1. The van der Waals surface area contributed by atoms with E-state index in [4.69, 9.17) is 11.6 Å². The van der Waals surface area contributed by atoms with Crippen LogP contribution >= 0.6 is 11.6 Å². The van der Waals surface area contributed by atoms with Gasteiger partial charge in [0.05, 0.1) is 10.6 Å². The van der Waals surface area contributed by atoms with Gasteiger partial charge in [-0.1, -0.05) is 11.6 Å². The van der Waals surface area contributed by atoms with E-state index in [-0.39, 0.29) is 42.4 Å². The monoisotopic (exact) mass is 491 g/mol. The van der Waals surface area contributed by atoms with E-state index in [2.05, 4.69) is 4.98 Å². The van der Waals surface area contributed by atoms with Crippen LogP contribution in [0.25, 0.3) is 0 Å². The van der Waals surface area contributed by atoms with Crippen molar-refractivity contribution in [1.82, 2.24) is 9.88 Å². The topological polar surface area (TPSA) is 70.6 Å². The van der Waals surface area contributed by atoms with Gasteiger partial charge in [-0.05, 0) is 61.4 Å². The molecular formula is C23H20ClF2N3O3S. The molecule has 0 spiro atoms. The van der Waals surface area contributed by atoms with Crippen LogP contribution in [0.1, 0.15) is 23.2 Å². The van der Waals surface area contributed by atoms with E-state index in [0.717, 1.165) is 22.5 Å². The fourth-order valence-corrected chi connectivity index (χ4v) is 5.71. The average molecular weight is 492 g/mol. The number of aromatic nitrogens is 1. The van der Waals surface area contributed by atoms with Crippen LogP contribution in [0.15, 0.2) is 71.9 Å². The number of pyridine rings is 1. The van der Waals surface area contributed by atoms with Crippen molar-refractivity contribution in [3.8, 4) is 0 Å². The minimum absolute atomic E-state index is 0.0918. The lowest BCUT2D eigenvalue weighted by Gasteiger charge is -2.39. The van der Waals surface area contributed by atoms with Crippen LogP contribution in [-0.2, 0) is 10.0 Å². The van der Waals surface area contributed by atoms with Gasteiger partial charge in [0.15, 0.2) is 0 Å². The molecule has 1 aliphatic rings. The maximum atomic E-state index is 14.7. The zero-order valence-electron chi connectivity index (χ0n) is 17.4. The van der Waals surface area contributed by atoms with Gasteiger partial charge in [0.2, 0.25) is 0 Å². The predicted molar refractivity (Wildman–Crippen MR) is 121 cm³/mol. The largest absolute Gasteiger partial charge is 0.338 e. The lowest BCUT2D eigenvalue weighted by molar-refractivity contribution is 0.0715. The molecule has 0 aliphatic carbocycles. The lowest BCUT2D eigenvalue weighted by atomic mass is 10.0. The molecule has 10 heteroatoms. The third-order valence-electron chi connectivity index (χ3n) is 5.53. The summed E-state index contributed by atoms with van der Waals surface area (Å²) in [7, 11) is -4.24. The highest BCUT2D eigenvalue weighted by Crippen LogP contribution is 2.33. The standard InChI is InChI=1S/C23H20ClF2N3O3S/c24-17-1-4-20(5-2-17)33(31,32)29(22-15-18(25)3-6-21(22)26)19-9-13-28(14-10-19)23(30)16-7-11-27-12-8-16/h1-8,11-12,15,19H,9-10,13-14H2. The Bertz CT molecular complexity index is 1250. The van der Waals surface area contributed by atoms with Gasteiger partial charge >= 0.3 is 0 Å². The van der Waals surface area contributed by atoms with Crippen LogP contribution < -0.4 is 4.31 Å². The van der Waals surface area contributed by atoms with E-state index in [1.165, 1.54) is 36.7 Å².